The van der Waals surface area contributed by atoms with E-state index < -0.39 is 0 Å². The van der Waals surface area contributed by atoms with Gasteiger partial charge in [0.25, 0.3) is 6.01 Å². The first-order valence-electron chi connectivity index (χ1n) is 4.40. The molecule has 1 aromatic rings. The summed E-state index contributed by atoms with van der Waals surface area (Å²) in [5, 5.41) is 0. The molecule has 2 N–H and O–H groups in total. The van der Waals surface area contributed by atoms with Gasteiger partial charge in [-0.2, -0.15) is 4.98 Å². The molecule has 0 aliphatic carbocycles. The van der Waals surface area contributed by atoms with Crippen LogP contribution in [0.25, 0.3) is 0 Å². The van der Waals surface area contributed by atoms with Gasteiger partial charge in [0.15, 0.2) is 5.82 Å². The summed E-state index contributed by atoms with van der Waals surface area (Å²) in [7, 11) is 2.11. The number of oxazole rings is 1. The number of anilines is 2. The molecular formula is C8H14N4O. The van der Waals surface area contributed by atoms with Crippen molar-refractivity contribution in [2.24, 2.45) is 0 Å². The predicted octanol–water partition coefficient (Wildman–Crippen LogP) is 0.00860. The number of hydrogen-bond acceptors (Lipinski definition) is 5. The largest absolute Gasteiger partial charge is 0.430 e. The van der Waals surface area contributed by atoms with E-state index >= 15 is 0 Å². The summed E-state index contributed by atoms with van der Waals surface area (Å²) in [6.07, 6.45) is 1.48. The Kier molecular flexibility index (Phi) is 2.10. The molecule has 1 saturated heterocycles. The number of nitrogen functional groups attached to an aromatic ring is 1. The second-order valence-electron chi connectivity index (χ2n) is 3.35. The molecule has 0 aromatic carbocycles. The smallest absolute Gasteiger partial charge is 0.299 e. The highest BCUT2D eigenvalue weighted by atomic mass is 16.4. The molecule has 13 heavy (non-hydrogen) atoms. The molecule has 0 saturated carbocycles. The Morgan fingerprint density at radius 1 is 1.38 bits per heavy atom. The minimum absolute atomic E-state index is 0.453. The van der Waals surface area contributed by atoms with Crippen LogP contribution in [0.1, 0.15) is 0 Å². The lowest BCUT2D eigenvalue weighted by atomic mass is 10.3. The molecule has 0 radical (unpaired) electrons. The molecule has 2 rings (SSSR count). The van der Waals surface area contributed by atoms with E-state index in [4.69, 9.17) is 10.2 Å². The minimum atomic E-state index is 0.453. The molecular weight excluding hydrogens is 168 g/mol. The summed E-state index contributed by atoms with van der Waals surface area (Å²) in [6, 6.07) is 0.644. The summed E-state index contributed by atoms with van der Waals surface area (Å²) in [5.74, 6) is 0.453. The monoisotopic (exact) mass is 182 g/mol. The molecule has 0 spiro atoms. The molecule has 0 unspecified atom stereocenters. The van der Waals surface area contributed by atoms with Crippen LogP contribution in [0, 0.1) is 0 Å². The molecule has 0 atom stereocenters. The van der Waals surface area contributed by atoms with Gasteiger partial charge >= 0.3 is 0 Å². The molecule has 1 aromatic heterocycles. The van der Waals surface area contributed by atoms with E-state index in [2.05, 4.69) is 21.8 Å². The first kappa shape index (κ1) is 8.37. The average Bonchev–Trinajstić information content (AvgIpc) is 2.53. The maximum absolute atomic E-state index is 5.47. The van der Waals surface area contributed by atoms with Crippen LogP contribution >= 0.6 is 0 Å². The zero-order chi connectivity index (χ0) is 9.26. The van der Waals surface area contributed by atoms with Gasteiger partial charge in [-0.3, -0.25) is 0 Å². The number of nitrogens with zero attached hydrogens (tertiary/aromatic N) is 3. The Hall–Kier alpha value is -1.23. The maximum Gasteiger partial charge on any atom is 0.299 e. The van der Waals surface area contributed by atoms with E-state index in [9.17, 15) is 0 Å². The fourth-order valence-corrected chi connectivity index (χ4v) is 1.42. The molecule has 1 fully saturated rings. The van der Waals surface area contributed by atoms with Crippen molar-refractivity contribution in [3.05, 3.63) is 6.26 Å². The van der Waals surface area contributed by atoms with Crippen LogP contribution in [-0.4, -0.2) is 43.1 Å². The number of rotatable bonds is 1. The Morgan fingerprint density at radius 3 is 2.62 bits per heavy atom. The van der Waals surface area contributed by atoms with Gasteiger partial charge < -0.3 is 20.0 Å². The van der Waals surface area contributed by atoms with Crippen molar-refractivity contribution < 1.29 is 4.42 Å². The van der Waals surface area contributed by atoms with Crippen molar-refractivity contribution >= 4 is 11.8 Å². The first-order chi connectivity index (χ1) is 6.25. The molecule has 1 aliphatic rings. The van der Waals surface area contributed by atoms with Crippen molar-refractivity contribution in [3.8, 4) is 0 Å². The third kappa shape index (κ3) is 1.75. The number of aromatic nitrogens is 1. The molecule has 0 amide bonds. The third-order valence-electron chi connectivity index (χ3n) is 2.28. The van der Waals surface area contributed by atoms with Gasteiger partial charge in [0.1, 0.15) is 6.26 Å². The van der Waals surface area contributed by atoms with Crippen LogP contribution in [0.15, 0.2) is 10.7 Å². The summed E-state index contributed by atoms with van der Waals surface area (Å²) in [5.41, 5.74) is 5.47. The van der Waals surface area contributed by atoms with Gasteiger partial charge in [0.2, 0.25) is 0 Å². The predicted molar refractivity (Wildman–Crippen MR) is 50.6 cm³/mol. The van der Waals surface area contributed by atoms with E-state index in [0.717, 1.165) is 26.2 Å². The molecule has 0 bridgehead atoms. The molecule has 1 aliphatic heterocycles. The van der Waals surface area contributed by atoms with Crippen LogP contribution in [0.2, 0.25) is 0 Å². The maximum atomic E-state index is 5.47. The highest BCUT2D eigenvalue weighted by Gasteiger charge is 2.17. The van der Waals surface area contributed by atoms with E-state index in [1.807, 2.05) is 0 Å². The Labute approximate surface area is 77.1 Å². The zero-order valence-corrected chi connectivity index (χ0v) is 7.73. The summed E-state index contributed by atoms with van der Waals surface area (Å²) in [6.45, 7) is 4.00. The van der Waals surface area contributed by atoms with Crippen molar-refractivity contribution in [1.82, 2.24) is 9.88 Å². The Bertz CT molecular complexity index is 277. The highest BCUT2D eigenvalue weighted by Crippen LogP contribution is 2.15. The van der Waals surface area contributed by atoms with Crippen LogP contribution in [0.4, 0.5) is 11.8 Å². The van der Waals surface area contributed by atoms with Gasteiger partial charge in [0, 0.05) is 26.2 Å². The number of piperazine rings is 1. The summed E-state index contributed by atoms with van der Waals surface area (Å²) >= 11 is 0. The lowest BCUT2D eigenvalue weighted by Gasteiger charge is -2.31. The normalized spacial score (nSPS) is 19.3. The van der Waals surface area contributed by atoms with Crippen molar-refractivity contribution in [2.75, 3.05) is 43.9 Å². The van der Waals surface area contributed by atoms with E-state index in [0.29, 0.717) is 11.8 Å². The topological polar surface area (TPSA) is 58.5 Å². The van der Waals surface area contributed by atoms with Gasteiger partial charge in [-0.1, -0.05) is 0 Å². The minimum Gasteiger partial charge on any atom is -0.430 e. The van der Waals surface area contributed by atoms with Gasteiger partial charge in [-0.05, 0) is 7.05 Å². The second kappa shape index (κ2) is 3.26. The quantitative estimate of drug-likeness (QED) is 0.663. The van der Waals surface area contributed by atoms with Crippen LogP contribution in [0.3, 0.4) is 0 Å². The third-order valence-corrected chi connectivity index (χ3v) is 2.28. The van der Waals surface area contributed by atoms with Crippen LogP contribution in [0.5, 0.6) is 0 Å². The summed E-state index contributed by atoms with van der Waals surface area (Å²) in [4.78, 5) is 8.47. The van der Waals surface area contributed by atoms with E-state index in [-0.39, 0.29) is 0 Å². The second-order valence-corrected chi connectivity index (χ2v) is 3.35. The van der Waals surface area contributed by atoms with Crippen LogP contribution in [-0.2, 0) is 0 Å². The lowest BCUT2D eigenvalue weighted by molar-refractivity contribution is 0.305. The lowest BCUT2D eigenvalue weighted by Crippen LogP contribution is -2.44. The van der Waals surface area contributed by atoms with Gasteiger partial charge in [-0.15, -0.1) is 0 Å². The molecule has 72 valence electrons. The van der Waals surface area contributed by atoms with E-state index in [1.165, 1.54) is 6.26 Å². The van der Waals surface area contributed by atoms with Crippen molar-refractivity contribution in [3.63, 3.8) is 0 Å². The molecule has 5 nitrogen and oxygen atoms in total. The molecule has 2 heterocycles. The standard InChI is InChI=1S/C8H14N4O/c1-11-2-4-12(5-3-11)8-10-7(9)6-13-8/h6H,2-5,9H2,1H3. The number of likely N-dealkylation sites (N-methyl/N-ethyl adjacent to an activating group) is 1. The summed E-state index contributed by atoms with van der Waals surface area (Å²) < 4.78 is 5.21. The molecule has 5 heteroatoms. The highest BCUT2D eigenvalue weighted by molar-refractivity contribution is 5.35. The SMILES string of the molecule is CN1CCN(c2nc(N)co2)CC1. The van der Waals surface area contributed by atoms with E-state index in [1.54, 1.807) is 0 Å². The van der Waals surface area contributed by atoms with Crippen LogP contribution < -0.4 is 10.6 Å². The zero-order valence-electron chi connectivity index (χ0n) is 7.73. The fraction of sp³-hybridized carbons (Fsp3) is 0.625. The Morgan fingerprint density at radius 2 is 2.08 bits per heavy atom. The van der Waals surface area contributed by atoms with Crippen molar-refractivity contribution in [1.29, 1.82) is 0 Å². The van der Waals surface area contributed by atoms with Crippen molar-refractivity contribution in [2.45, 2.75) is 0 Å². The fourth-order valence-electron chi connectivity index (χ4n) is 1.42. The average molecular weight is 182 g/mol. The Balaban J connectivity index is 2.02. The number of hydrogen-bond donors (Lipinski definition) is 1. The van der Waals surface area contributed by atoms with Gasteiger partial charge in [0.05, 0.1) is 0 Å². The van der Waals surface area contributed by atoms with Gasteiger partial charge in [-0.25, -0.2) is 0 Å². The first-order valence-corrected chi connectivity index (χ1v) is 4.40. The number of nitrogens with two attached hydrogens (primary N) is 1.